The minimum atomic E-state index is -0.203. The lowest BCUT2D eigenvalue weighted by atomic mass is 10.1. The van der Waals surface area contributed by atoms with Crippen molar-refractivity contribution in [1.82, 2.24) is 4.57 Å². The Hall–Kier alpha value is -2.64. The summed E-state index contributed by atoms with van der Waals surface area (Å²) in [7, 11) is 3.16. The van der Waals surface area contributed by atoms with Gasteiger partial charge in [-0.25, -0.2) is 0 Å². The fourth-order valence-corrected chi connectivity index (χ4v) is 4.27. The normalized spacial score (nSPS) is 11.8. The summed E-state index contributed by atoms with van der Waals surface area (Å²) >= 11 is 1.52. The summed E-state index contributed by atoms with van der Waals surface area (Å²) in [6.45, 7) is 5.92. The van der Waals surface area contributed by atoms with Crippen LogP contribution in [0.25, 0.3) is 10.2 Å². The molecular weight excluding hydrogens is 388 g/mol. The van der Waals surface area contributed by atoms with Crippen LogP contribution in [0.15, 0.2) is 41.4 Å². The van der Waals surface area contributed by atoms with E-state index in [2.05, 4.69) is 34.7 Å². The Labute approximate surface area is 174 Å². The Bertz CT molecular complexity index is 1070. The van der Waals surface area contributed by atoms with Crippen molar-refractivity contribution in [2.45, 2.75) is 26.8 Å². The minimum absolute atomic E-state index is 0.194. The van der Waals surface area contributed by atoms with Gasteiger partial charge in [-0.15, -0.1) is 0 Å². The zero-order valence-electron chi connectivity index (χ0n) is 17.2. The van der Waals surface area contributed by atoms with Crippen LogP contribution in [-0.4, -0.2) is 37.9 Å². The first-order valence-corrected chi connectivity index (χ1v) is 10.3. The maximum absolute atomic E-state index is 12.7. The highest BCUT2D eigenvalue weighted by molar-refractivity contribution is 7.16. The highest BCUT2D eigenvalue weighted by Crippen LogP contribution is 2.27. The monoisotopic (exact) mass is 414 g/mol. The number of methoxy groups -OCH3 is 2. The molecule has 6 nitrogen and oxygen atoms in total. The van der Waals surface area contributed by atoms with Gasteiger partial charge in [-0.1, -0.05) is 23.5 Å². The zero-order valence-corrected chi connectivity index (χ0v) is 18.0. The van der Waals surface area contributed by atoms with Gasteiger partial charge in [0.2, 0.25) is 0 Å². The molecule has 0 fully saturated rings. The highest BCUT2D eigenvalue weighted by atomic mass is 32.1. The fourth-order valence-electron chi connectivity index (χ4n) is 3.09. The molecule has 7 heteroatoms. The van der Waals surface area contributed by atoms with E-state index in [9.17, 15) is 4.79 Å². The van der Waals surface area contributed by atoms with Crippen molar-refractivity contribution in [1.29, 1.82) is 0 Å². The van der Waals surface area contributed by atoms with Crippen LogP contribution in [-0.2, 0) is 22.5 Å². The van der Waals surface area contributed by atoms with Gasteiger partial charge < -0.3 is 18.8 Å². The van der Waals surface area contributed by atoms with E-state index in [-0.39, 0.29) is 12.3 Å². The van der Waals surface area contributed by atoms with Crippen LogP contribution in [0.5, 0.6) is 11.5 Å². The van der Waals surface area contributed by atoms with E-state index >= 15 is 0 Å². The van der Waals surface area contributed by atoms with Gasteiger partial charge in [-0.05, 0) is 49.2 Å². The molecule has 0 aliphatic rings. The average molecular weight is 415 g/mol. The second kappa shape index (κ2) is 9.71. The molecule has 0 atom stereocenters. The first-order chi connectivity index (χ1) is 14.0. The largest absolute Gasteiger partial charge is 0.493 e. The molecule has 0 aliphatic heterocycles. The molecule has 0 saturated carbocycles. The molecule has 3 aromatic rings. The molecule has 0 radical (unpaired) electrons. The summed E-state index contributed by atoms with van der Waals surface area (Å²) in [5.41, 5.74) is 3.08. The Morgan fingerprint density at radius 2 is 1.90 bits per heavy atom. The number of rotatable bonds is 8. The number of aryl methyl sites for hydroxylation is 1. The molecule has 0 saturated heterocycles. The summed E-state index contributed by atoms with van der Waals surface area (Å²) in [4.78, 5) is 17.8. The molecule has 0 bridgehead atoms. The molecular formula is C22H26N2O4S. The molecule has 1 amide bonds. The first kappa shape index (κ1) is 21.1. The number of thiazole rings is 1. The molecule has 0 N–H and O–H groups in total. The van der Waals surface area contributed by atoms with Crippen LogP contribution in [0.1, 0.15) is 18.1 Å². The lowest BCUT2D eigenvalue weighted by molar-refractivity contribution is -0.117. The topological polar surface area (TPSA) is 62.1 Å². The Kier molecular flexibility index (Phi) is 7.06. The van der Waals surface area contributed by atoms with Crippen LogP contribution in [0.2, 0.25) is 0 Å². The van der Waals surface area contributed by atoms with E-state index < -0.39 is 0 Å². The van der Waals surface area contributed by atoms with Gasteiger partial charge >= 0.3 is 0 Å². The molecule has 2 aromatic carbocycles. The molecule has 3 rings (SSSR count). The third-order valence-electron chi connectivity index (χ3n) is 4.53. The maximum atomic E-state index is 12.7. The van der Waals surface area contributed by atoms with Crippen LogP contribution in [0, 0.1) is 6.92 Å². The Morgan fingerprint density at radius 1 is 1.10 bits per heavy atom. The van der Waals surface area contributed by atoms with Crippen molar-refractivity contribution in [3.8, 4) is 11.5 Å². The van der Waals surface area contributed by atoms with Crippen molar-refractivity contribution in [3.63, 3.8) is 0 Å². The number of fused-ring (bicyclic) bond motifs is 1. The van der Waals surface area contributed by atoms with Crippen LogP contribution < -0.4 is 14.3 Å². The van der Waals surface area contributed by atoms with Gasteiger partial charge in [-0.2, -0.15) is 4.99 Å². The van der Waals surface area contributed by atoms with Crippen molar-refractivity contribution in [3.05, 3.63) is 52.3 Å². The van der Waals surface area contributed by atoms with Crippen LogP contribution >= 0.6 is 11.3 Å². The Balaban J connectivity index is 1.92. The number of aromatic nitrogens is 1. The van der Waals surface area contributed by atoms with Crippen molar-refractivity contribution in [2.24, 2.45) is 4.99 Å². The standard InChI is InChI=1S/C22H26N2O4S/c1-5-28-11-10-24-17-8-6-15(2)12-20(17)29-22(24)23-21(25)14-16-7-9-18(26-3)19(13-16)27-4/h6-9,12-13H,5,10-11,14H2,1-4H3. The molecule has 1 heterocycles. The van der Waals surface area contributed by atoms with E-state index in [0.717, 1.165) is 15.8 Å². The molecule has 1 aromatic heterocycles. The Morgan fingerprint density at radius 3 is 2.62 bits per heavy atom. The predicted octanol–water partition coefficient (Wildman–Crippen LogP) is 3.73. The van der Waals surface area contributed by atoms with E-state index in [1.54, 1.807) is 20.3 Å². The van der Waals surface area contributed by atoms with E-state index in [0.29, 0.717) is 36.1 Å². The van der Waals surface area contributed by atoms with Gasteiger partial charge in [0.25, 0.3) is 5.91 Å². The van der Waals surface area contributed by atoms with Gasteiger partial charge in [0.1, 0.15) is 0 Å². The van der Waals surface area contributed by atoms with Crippen molar-refractivity contribution < 1.29 is 19.0 Å². The van der Waals surface area contributed by atoms with Gasteiger partial charge in [0.15, 0.2) is 16.3 Å². The second-order valence-electron chi connectivity index (χ2n) is 6.58. The minimum Gasteiger partial charge on any atom is -0.493 e. The summed E-state index contributed by atoms with van der Waals surface area (Å²) in [5.74, 6) is 1.03. The van der Waals surface area contributed by atoms with E-state index in [4.69, 9.17) is 14.2 Å². The molecule has 29 heavy (non-hydrogen) atoms. The molecule has 154 valence electrons. The number of hydrogen-bond acceptors (Lipinski definition) is 5. The number of carbonyl (C=O) groups is 1. The van der Waals surface area contributed by atoms with Gasteiger partial charge in [0, 0.05) is 13.2 Å². The van der Waals surface area contributed by atoms with Gasteiger partial charge in [-0.3, -0.25) is 4.79 Å². The summed E-state index contributed by atoms with van der Waals surface area (Å²) in [6.07, 6.45) is 0.194. The van der Waals surface area contributed by atoms with Crippen molar-refractivity contribution >= 4 is 27.5 Å². The molecule has 0 unspecified atom stereocenters. The molecule has 0 aliphatic carbocycles. The predicted molar refractivity (Wildman–Crippen MR) is 115 cm³/mol. The third-order valence-corrected chi connectivity index (χ3v) is 5.57. The first-order valence-electron chi connectivity index (χ1n) is 9.52. The number of nitrogens with zero attached hydrogens (tertiary/aromatic N) is 2. The highest BCUT2D eigenvalue weighted by Gasteiger charge is 2.11. The summed E-state index contributed by atoms with van der Waals surface area (Å²) in [5, 5.41) is 0. The molecule has 0 spiro atoms. The SMILES string of the molecule is CCOCCn1c(=NC(=O)Cc2ccc(OC)c(OC)c2)sc2cc(C)ccc21. The number of carbonyl (C=O) groups excluding carboxylic acids is 1. The summed E-state index contributed by atoms with van der Waals surface area (Å²) in [6, 6.07) is 11.7. The van der Waals surface area contributed by atoms with Gasteiger partial charge in [0.05, 0.1) is 37.5 Å². The second-order valence-corrected chi connectivity index (χ2v) is 7.59. The quantitative estimate of drug-likeness (QED) is 0.527. The lowest BCUT2D eigenvalue weighted by Crippen LogP contribution is -2.20. The van der Waals surface area contributed by atoms with Crippen LogP contribution in [0.3, 0.4) is 0 Å². The summed E-state index contributed by atoms with van der Waals surface area (Å²) < 4.78 is 19.3. The average Bonchev–Trinajstić information content (AvgIpc) is 3.03. The number of benzene rings is 2. The van der Waals surface area contributed by atoms with E-state index in [1.165, 1.54) is 16.9 Å². The van der Waals surface area contributed by atoms with Crippen molar-refractivity contribution in [2.75, 3.05) is 27.4 Å². The van der Waals surface area contributed by atoms with E-state index in [1.807, 2.05) is 19.1 Å². The maximum Gasteiger partial charge on any atom is 0.252 e. The lowest BCUT2D eigenvalue weighted by Gasteiger charge is -2.08. The van der Waals surface area contributed by atoms with Crippen LogP contribution in [0.4, 0.5) is 0 Å². The number of ether oxygens (including phenoxy) is 3. The number of hydrogen-bond donors (Lipinski definition) is 0. The zero-order chi connectivity index (χ0) is 20.8. The fraction of sp³-hybridized carbons (Fsp3) is 0.364. The smallest absolute Gasteiger partial charge is 0.252 e. The number of amides is 1. The third kappa shape index (κ3) is 5.05.